The van der Waals surface area contributed by atoms with Gasteiger partial charge in [0.2, 0.25) is 6.79 Å². The van der Waals surface area contributed by atoms with Crippen LogP contribution in [0.1, 0.15) is 32.6 Å². The van der Waals surface area contributed by atoms with Gasteiger partial charge < -0.3 is 20.1 Å². The normalized spacial score (nSPS) is 12.4. The summed E-state index contributed by atoms with van der Waals surface area (Å²) in [6, 6.07) is 18.2. The molecule has 3 aromatic rings. The molecule has 0 atom stereocenters. The summed E-state index contributed by atoms with van der Waals surface area (Å²) in [6.07, 6.45) is 1.62. The van der Waals surface area contributed by atoms with E-state index >= 15 is 0 Å². The van der Waals surface area contributed by atoms with Crippen LogP contribution in [0.15, 0.2) is 66.4 Å². The van der Waals surface area contributed by atoms with Crippen molar-refractivity contribution in [2.24, 2.45) is 0 Å². The molecular formula is C26H24N2O4. The Kier molecular flexibility index (Phi) is 5.94. The van der Waals surface area contributed by atoms with Gasteiger partial charge in [-0.05, 0) is 79.9 Å². The summed E-state index contributed by atoms with van der Waals surface area (Å²) in [6.45, 7) is 6.06. The third kappa shape index (κ3) is 4.81. The number of amides is 2. The van der Waals surface area contributed by atoms with Crippen LogP contribution in [-0.2, 0) is 4.79 Å². The number of carbonyl (C=O) groups excluding carboxylic acids is 2. The van der Waals surface area contributed by atoms with Gasteiger partial charge in [-0.2, -0.15) is 0 Å². The molecule has 1 aliphatic heterocycles. The predicted molar refractivity (Wildman–Crippen MR) is 124 cm³/mol. The number of benzene rings is 3. The maximum absolute atomic E-state index is 13.1. The summed E-state index contributed by atoms with van der Waals surface area (Å²) in [5.74, 6) is 0.451. The number of ether oxygens (including phenoxy) is 2. The summed E-state index contributed by atoms with van der Waals surface area (Å²) < 4.78 is 10.8. The maximum atomic E-state index is 13.1. The first-order valence-corrected chi connectivity index (χ1v) is 10.3. The van der Waals surface area contributed by atoms with Crippen molar-refractivity contribution in [1.82, 2.24) is 5.32 Å². The Hall–Kier alpha value is -4.06. The van der Waals surface area contributed by atoms with Crippen molar-refractivity contribution in [2.75, 3.05) is 12.1 Å². The van der Waals surface area contributed by atoms with E-state index in [2.05, 4.69) is 10.6 Å². The van der Waals surface area contributed by atoms with Crippen LogP contribution in [0, 0.1) is 20.8 Å². The lowest BCUT2D eigenvalue weighted by atomic mass is 10.1. The molecule has 3 aromatic carbocycles. The van der Waals surface area contributed by atoms with Gasteiger partial charge in [-0.25, -0.2) is 0 Å². The number of fused-ring (bicyclic) bond motifs is 1. The van der Waals surface area contributed by atoms with Crippen molar-refractivity contribution in [3.63, 3.8) is 0 Å². The highest BCUT2D eigenvalue weighted by Crippen LogP contribution is 2.33. The minimum absolute atomic E-state index is 0.118. The summed E-state index contributed by atoms with van der Waals surface area (Å²) in [5, 5.41) is 5.61. The van der Waals surface area contributed by atoms with Crippen molar-refractivity contribution in [3.8, 4) is 11.5 Å². The van der Waals surface area contributed by atoms with E-state index in [-0.39, 0.29) is 18.4 Å². The van der Waals surface area contributed by atoms with E-state index in [1.54, 1.807) is 36.4 Å². The van der Waals surface area contributed by atoms with Gasteiger partial charge in [-0.1, -0.05) is 29.8 Å². The zero-order valence-corrected chi connectivity index (χ0v) is 18.2. The molecule has 0 bridgehead atoms. The molecule has 0 saturated heterocycles. The molecule has 6 nitrogen and oxygen atoms in total. The second kappa shape index (κ2) is 8.98. The fraction of sp³-hybridized carbons (Fsp3) is 0.154. The SMILES string of the molecule is Cc1ccc(NC(=O)/C(=C\c2ccc3c(c2)OCO3)NC(=O)c2ccc(C)c(C)c2)cc1. The lowest BCUT2D eigenvalue weighted by molar-refractivity contribution is -0.113. The Morgan fingerprint density at radius 1 is 0.844 bits per heavy atom. The second-order valence-electron chi connectivity index (χ2n) is 7.74. The van der Waals surface area contributed by atoms with E-state index in [1.165, 1.54) is 0 Å². The Morgan fingerprint density at radius 2 is 1.59 bits per heavy atom. The first-order valence-electron chi connectivity index (χ1n) is 10.3. The lowest BCUT2D eigenvalue weighted by Gasteiger charge is -2.12. The molecule has 0 saturated carbocycles. The second-order valence-corrected chi connectivity index (χ2v) is 7.74. The first kappa shape index (κ1) is 21.2. The van der Waals surface area contributed by atoms with Crippen LogP contribution in [0.3, 0.4) is 0 Å². The Morgan fingerprint density at radius 3 is 2.34 bits per heavy atom. The number of hydrogen-bond donors (Lipinski definition) is 2. The predicted octanol–water partition coefficient (Wildman–Crippen LogP) is 4.75. The first-order chi connectivity index (χ1) is 15.4. The average Bonchev–Trinajstić information content (AvgIpc) is 3.24. The van der Waals surface area contributed by atoms with Crippen molar-refractivity contribution < 1.29 is 19.1 Å². The van der Waals surface area contributed by atoms with Crippen molar-refractivity contribution in [3.05, 3.63) is 94.2 Å². The van der Waals surface area contributed by atoms with Gasteiger partial charge in [-0.3, -0.25) is 9.59 Å². The minimum atomic E-state index is -0.427. The minimum Gasteiger partial charge on any atom is -0.454 e. The van der Waals surface area contributed by atoms with Crippen LogP contribution < -0.4 is 20.1 Å². The Bertz CT molecular complexity index is 1210. The molecule has 6 heteroatoms. The molecule has 32 heavy (non-hydrogen) atoms. The van der Waals surface area contributed by atoms with Crippen LogP contribution in [0.2, 0.25) is 0 Å². The Balaban J connectivity index is 1.63. The fourth-order valence-corrected chi connectivity index (χ4v) is 3.24. The topological polar surface area (TPSA) is 76.7 Å². The van der Waals surface area contributed by atoms with E-state index in [0.29, 0.717) is 28.3 Å². The number of carbonyl (C=O) groups is 2. The molecule has 0 radical (unpaired) electrons. The molecule has 0 fully saturated rings. The molecule has 0 aromatic heterocycles. The number of aryl methyl sites for hydroxylation is 3. The van der Waals surface area contributed by atoms with E-state index in [1.807, 2.05) is 51.1 Å². The van der Waals surface area contributed by atoms with Gasteiger partial charge in [0.05, 0.1) is 0 Å². The molecule has 0 unspecified atom stereocenters. The smallest absolute Gasteiger partial charge is 0.272 e. The van der Waals surface area contributed by atoms with Crippen molar-refractivity contribution >= 4 is 23.6 Å². The Labute approximate surface area is 186 Å². The van der Waals surface area contributed by atoms with Crippen LogP contribution in [0.25, 0.3) is 6.08 Å². The maximum Gasteiger partial charge on any atom is 0.272 e. The summed E-state index contributed by atoms with van der Waals surface area (Å²) in [4.78, 5) is 26.0. The summed E-state index contributed by atoms with van der Waals surface area (Å²) in [7, 11) is 0. The van der Waals surface area contributed by atoms with E-state index in [0.717, 1.165) is 16.7 Å². The number of rotatable bonds is 5. The monoisotopic (exact) mass is 428 g/mol. The zero-order valence-electron chi connectivity index (χ0n) is 18.2. The molecule has 1 heterocycles. The largest absolute Gasteiger partial charge is 0.454 e. The number of hydrogen-bond acceptors (Lipinski definition) is 4. The number of nitrogens with one attached hydrogen (secondary N) is 2. The molecule has 2 amide bonds. The van der Waals surface area contributed by atoms with E-state index < -0.39 is 5.91 Å². The fourth-order valence-electron chi connectivity index (χ4n) is 3.24. The molecule has 0 aliphatic carbocycles. The van der Waals surface area contributed by atoms with Gasteiger partial charge in [-0.15, -0.1) is 0 Å². The average molecular weight is 428 g/mol. The standard InChI is InChI=1S/C26H24N2O4/c1-16-4-9-21(10-5-16)27-26(30)22(13-19-7-11-23-24(14-19)32-15-31-23)28-25(29)20-8-6-17(2)18(3)12-20/h4-14H,15H2,1-3H3,(H,27,30)(H,28,29)/b22-13+. The molecule has 162 valence electrons. The van der Waals surface area contributed by atoms with Gasteiger partial charge in [0.25, 0.3) is 11.8 Å². The molecular weight excluding hydrogens is 404 g/mol. The van der Waals surface area contributed by atoms with Gasteiger partial charge in [0, 0.05) is 11.3 Å². The molecule has 0 spiro atoms. The van der Waals surface area contributed by atoms with Crippen LogP contribution in [0.4, 0.5) is 5.69 Å². The van der Waals surface area contributed by atoms with E-state index in [9.17, 15) is 9.59 Å². The molecule has 1 aliphatic rings. The van der Waals surface area contributed by atoms with Gasteiger partial charge in [0.15, 0.2) is 11.5 Å². The van der Waals surface area contributed by atoms with E-state index in [4.69, 9.17) is 9.47 Å². The summed E-state index contributed by atoms with van der Waals surface area (Å²) >= 11 is 0. The highest BCUT2D eigenvalue weighted by molar-refractivity contribution is 6.10. The summed E-state index contributed by atoms with van der Waals surface area (Å²) in [5.41, 5.74) is 5.11. The highest BCUT2D eigenvalue weighted by Gasteiger charge is 2.17. The van der Waals surface area contributed by atoms with Crippen LogP contribution in [-0.4, -0.2) is 18.6 Å². The molecule has 4 rings (SSSR count). The molecule has 2 N–H and O–H groups in total. The van der Waals surface area contributed by atoms with Crippen LogP contribution in [0.5, 0.6) is 11.5 Å². The highest BCUT2D eigenvalue weighted by atomic mass is 16.7. The third-order valence-electron chi connectivity index (χ3n) is 5.28. The number of anilines is 1. The van der Waals surface area contributed by atoms with Crippen molar-refractivity contribution in [1.29, 1.82) is 0 Å². The van der Waals surface area contributed by atoms with Crippen LogP contribution >= 0.6 is 0 Å². The van der Waals surface area contributed by atoms with Crippen molar-refractivity contribution in [2.45, 2.75) is 20.8 Å². The quantitative estimate of drug-likeness (QED) is 0.575. The van der Waals surface area contributed by atoms with Gasteiger partial charge in [0.1, 0.15) is 5.70 Å². The lowest BCUT2D eigenvalue weighted by Crippen LogP contribution is -2.30. The zero-order chi connectivity index (χ0) is 22.7. The van der Waals surface area contributed by atoms with Gasteiger partial charge >= 0.3 is 0 Å². The third-order valence-corrected chi connectivity index (χ3v) is 5.28.